The number of hydrogen-bond donors (Lipinski definition) is 2. The molecule has 2 rings (SSSR count). The zero-order chi connectivity index (χ0) is 24.1. The molecule has 7 nitrogen and oxygen atoms in total. The van der Waals surface area contributed by atoms with E-state index in [1.165, 1.54) is 6.21 Å². The molecule has 33 heavy (non-hydrogen) atoms. The highest BCUT2D eigenvalue weighted by Crippen LogP contribution is 2.34. The summed E-state index contributed by atoms with van der Waals surface area (Å²) in [6.45, 7) is 9.02. The SMILES string of the molecule is C=CCc1cc(/C=N/NC(=O)C(=O)NCCCC)cc(OCC)c1OCc1ccc(Br)cc1. The first-order valence-electron chi connectivity index (χ1n) is 10.9. The predicted molar refractivity (Wildman–Crippen MR) is 134 cm³/mol. The molecule has 176 valence electrons. The molecule has 0 aliphatic rings. The van der Waals surface area contributed by atoms with Gasteiger partial charge in [0.15, 0.2) is 11.5 Å². The minimum Gasteiger partial charge on any atom is -0.490 e. The van der Waals surface area contributed by atoms with Crippen molar-refractivity contribution in [3.05, 3.63) is 70.2 Å². The maximum atomic E-state index is 11.9. The Morgan fingerprint density at radius 2 is 1.88 bits per heavy atom. The van der Waals surface area contributed by atoms with Crippen LogP contribution in [0.3, 0.4) is 0 Å². The Hall–Kier alpha value is -3.13. The number of hydrazone groups is 1. The fraction of sp³-hybridized carbons (Fsp3) is 0.320. The maximum Gasteiger partial charge on any atom is 0.329 e. The van der Waals surface area contributed by atoms with Gasteiger partial charge in [0.1, 0.15) is 6.61 Å². The molecule has 0 bridgehead atoms. The average Bonchev–Trinajstić information content (AvgIpc) is 2.80. The van der Waals surface area contributed by atoms with E-state index in [0.29, 0.717) is 43.2 Å². The fourth-order valence-electron chi connectivity index (χ4n) is 2.90. The van der Waals surface area contributed by atoms with Crippen molar-refractivity contribution < 1.29 is 19.1 Å². The molecule has 0 saturated heterocycles. The van der Waals surface area contributed by atoms with Gasteiger partial charge in [-0.1, -0.05) is 47.5 Å². The number of halogens is 1. The van der Waals surface area contributed by atoms with Gasteiger partial charge >= 0.3 is 11.8 Å². The highest BCUT2D eigenvalue weighted by molar-refractivity contribution is 9.10. The smallest absolute Gasteiger partial charge is 0.329 e. The molecule has 0 aliphatic carbocycles. The summed E-state index contributed by atoms with van der Waals surface area (Å²) in [5.41, 5.74) is 4.84. The van der Waals surface area contributed by atoms with E-state index >= 15 is 0 Å². The van der Waals surface area contributed by atoms with Crippen LogP contribution in [0.5, 0.6) is 11.5 Å². The minimum absolute atomic E-state index is 0.383. The molecule has 0 aromatic heterocycles. The van der Waals surface area contributed by atoms with Gasteiger partial charge in [-0.25, -0.2) is 5.43 Å². The lowest BCUT2D eigenvalue weighted by Crippen LogP contribution is -2.38. The fourth-order valence-corrected chi connectivity index (χ4v) is 3.17. The molecule has 2 N–H and O–H groups in total. The van der Waals surface area contributed by atoms with Crippen LogP contribution in [0.1, 0.15) is 43.4 Å². The molecular weight excluding hydrogens is 486 g/mol. The van der Waals surface area contributed by atoms with Crippen molar-refractivity contribution in [1.29, 1.82) is 0 Å². The Bertz CT molecular complexity index is 974. The standard InChI is InChI=1S/C25H30BrN3O4/c1-4-7-13-27-24(30)25(31)29-28-16-19-14-20(8-5-2)23(22(15-19)32-6-3)33-17-18-9-11-21(26)12-10-18/h5,9-12,14-16H,2,4,6-8,13,17H2,1,3H3,(H,27,30)(H,29,31)/b28-16+. The molecule has 0 saturated carbocycles. The van der Waals surface area contributed by atoms with Gasteiger partial charge in [0.05, 0.1) is 12.8 Å². The Labute approximate surface area is 203 Å². The summed E-state index contributed by atoms with van der Waals surface area (Å²) in [7, 11) is 0. The number of allylic oxidation sites excluding steroid dienone is 1. The van der Waals surface area contributed by atoms with Crippen LogP contribution in [-0.4, -0.2) is 31.2 Å². The minimum atomic E-state index is -0.812. The van der Waals surface area contributed by atoms with E-state index in [0.717, 1.165) is 28.4 Å². The van der Waals surface area contributed by atoms with Crippen LogP contribution in [0.15, 0.2) is 58.6 Å². The molecule has 2 amide bonds. The molecule has 0 aliphatic heterocycles. The second-order valence-corrected chi connectivity index (χ2v) is 8.07. The van der Waals surface area contributed by atoms with E-state index in [9.17, 15) is 9.59 Å². The van der Waals surface area contributed by atoms with Gasteiger partial charge in [-0.2, -0.15) is 5.10 Å². The summed E-state index contributed by atoms with van der Waals surface area (Å²) in [6.07, 6.45) is 5.54. The summed E-state index contributed by atoms with van der Waals surface area (Å²) >= 11 is 3.43. The maximum absolute atomic E-state index is 11.9. The van der Waals surface area contributed by atoms with E-state index in [1.54, 1.807) is 12.1 Å². The quantitative estimate of drug-likeness (QED) is 0.143. The topological polar surface area (TPSA) is 89.0 Å². The number of hydrogen-bond acceptors (Lipinski definition) is 5. The molecule has 2 aromatic rings. The van der Waals surface area contributed by atoms with E-state index in [2.05, 4.69) is 38.4 Å². The first-order chi connectivity index (χ1) is 16.0. The van der Waals surface area contributed by atoms with Crippen LogP contribution in [0.2, 0.25) is 0 Å². The molecule has 0 fully saturated rings. The molecule has 8 heteroatoms. The van der Waals surface area contributed by atoms with Crippen molar-refractivity contribution in [1.82, 2.24) is 10.7 Å². The first-order valence-corrected chi connectivity index (χ1v) is 11.7. The zero-order valence-electron chi connectivity index (χ0n) is 19.0. The number of nitrogens with zero attached hydrogens (tertiary/aromatic N) is 1. The Kier molecular flexibility index (Phi) is 11.2. The van der Waals surface area contributed by atoms with Gasteiger partial charge in [0.2, 0.25) is 0 Å². The summed E-state index contributed by atoms with van der Waals surface area (Å²) in [6, 6.07) is 11.6. The number of carbonyl (C=O) groups excluding carboxylic acids is 2. The normalized spacial score (nSPS) is 10.6. The van der Waals surface area contributed by atoms with Crippen molar-refractivity contribution in [2.75, 3.05) is 13.2 Å². The third-order valence-electron chi connectivity index (χ3n) is 4.52. The number of nitrogens with one attached hydrogen (secondary N) is 2. The van der Waals surface area contributed by atoms with Gasteiger partial charge in [0, 0.05) is 16.6 Å². The average molecular weight is 516 g/mol. The predicted octanol–water partition coefficient (Wildman–Crippen LogP) is 4.52. The summed E-state index contributed by atoms with van der Waals surface area (Å²) in [5.74, 6) is -0.317. The molecule has 0 atom stereocenters. The van der Waals surface area contributed by atoms with E-state index in [4.69, 9.17) is 9.47 Å². The highest BCUT2D eigenvalue weighted by atomic mass is 79.9. The van der Waals surface area contributed by atoms with Gasteiger partial charge < -0.3 is 14.8 Å². The molecule has 0 spiro atoms. The monoisotopic (exact) mass is 515 g/mol. The second kappa shape index (κ2) is 14.1. The summed E-state index contributed by atoms with van der Waals surface area (Å²) in [5, 5.41) is 6.46. The molecule has 2 aromatic carbocycles. The third kappa shape index (κ3) is 8.73. The van der Waals surface area contributed by atoms with Crippen molar-refractivity contribution >= 4 is 34.0 Å². The van der Waals surface area contributed by atoms with E-state index < -0.39 is 11.8 Å². The Morgan fingerprint density at radius 3 is 2.55 bits per heavy atom. The van der Waals surface area contributed by atoms with Crippen molar-refractivity contribution in [2.45, 2.75) is 39.7 Å². The largest absolute Gasteiger partial charge is 0.490 e. The number of amides is 2. The number of ether oxygens (including phenoxy) is 2. The third-order valence-corrected chi connectivity index (χ3v) is 5.05. The lowest BCUT2D eigenvalue weighted by Gasteiger charge is -2.17. The van der Waals surface area contributed by atoms with Crippen LogP contribution < -0.4 is 20.2 Å². The van der Waals surface area contributed by atoms with Crippen LogP contribution in [0, 0.1) is 0 Å². The van der Waals surface area contributed by atoms with Crippen LogP contribution in [0.25, 0.3) is 0 Å². The van der Waals surface area contributed by atoms with Crippen LogP contribution >= 0.6 is 15.9 Å². The molecule has 0 radical (unpaired) electrons. The van der Waals surface area contributed by atoms with Gasteiger partial charge in [-0.15, -0.1) is 6.58 Å². The second-order valence-electron chi connectivity index (χ2n) is 7.16. The van der Waals surface area contributed by atoms with Crippen molar-refractivity contribution in [2.24, 2.45) is 5.10 Å². The van der Waals surface area contributed by atoms with Crippen LogP contribution in [-0.2, 0) is 22.6 Å². The first kappa shape index (κ1) is 26.1. The molecular formula is C25H30BrN3O4. The van der Waals surface area contributed by atoms with E-state index in [-0.39, 0.29) is 0 Å². The van der Waals surface area contributed by atoms with Crippen molar-refractivity contribution in [3.63, 3.8) is 0 Å². The number of rotatable bonds is 12. The number of carbonyl (C=O) groups is 2. The summed E-state index contributed by atoms with van der Waals surface area (Å²) in [4.78, 5) is 23.6. The van der Waals surface area contributed by atoms with Crippen LogP contribution in [0.4, 0.5) is 0 Å². The Balaban J connectivity index is 2.16. The van der Waals surface area contributed by atoms with Gasteiger partial charge in [-0.3, -0.25) is 9.59 Å². The van der Waals surface area contributed by atoms with E-state index in [1.807, 2.05) is 44.2 Å². The lowest BCUT2D eigenvalue weighted by atomic mass is 10.1. The molecule has 0 heterocycles. The van der Waals surface area contributed by atoms with Gasteiger partial charge in [-0.05, 0) is 55.2 Å². The lowest BCUT2D eigenvalue weighted by molar-refractivity contribution is -0.139. The molecule has 0 unspecified atom stereocenters. The zero-order valence-corrected chi connectivity index (χ0v) is 20.6. The van der Waals surface area contributed by atoms with Gasteiger partial charge in [0.25, 0.3) is 0 Å². The highest BCUT2D eigenvalue weighted by Gasteiger charge is 2.14. The number of benzene rings is 2. The van der Waals surface area contributed by atoms with Crippen molar-refractivity contribution in [3.8, 4) is 11.5 Å². The summed E-state index contributed by atoms with van der Waals surface area (Å²) < 4.78 is 12.9. The number of unbranched alkanes of at least 4 members (excludes halogenated alkanes) is 1. The Morgan fingerprint density at radius 1 is 1.12 bits per heavy atom.